The summed E-state index contributed by atoms with van der Waals surface area (Å²) in [7, 11) is -4.13. The SMILES string of the molecule is C[n+]1ccn(CC(O)c2ccccc2)c1.O=S(=O)([O-])C(F)(F)F. The van der Waals surface area contributed by atoms with Crippen LogP contribution in [0.1, 0.15) is 11.7 Å². The molecule has 0 amide bonds. The topological polar surface area (TPSA) is 86.2 Å². The van der Waals surface area contributed by atoms with Gasteiger partial charge in [-0.3, -0.25) is 0 Å². The van der Waals surface area contributed by atoms with Crippen molar-refractivity contribution in [3.8, 4) is 0 Å². The molecule has 1 unspecified atom stereocenters. The summed E-state index contributed by atoms with van der Waals surface area (Å²) in [6.07, 6.45) is 5.41. The fourth-order valence-corrected chi connectivity index (χ4v) is 1.59. The zero-order valence-corrected chi connectivity index (χ0v) is 12.8. The summed E-state index contributed by atoms with van der Waals surface area (Å²) in [5.74, 6) is 0. The van der Waals surface area contributed by atoms with E-state index in [1.165, 1.54) is 0 Å². The van der Waals surface area contributed by atoms with Crippen LogP contribution in [0.4, 0.5) is 13.2 Å². The zero-order chi connectivity index (χ0) is 17.7. The van der Waals surface area contributed by atoms with Crippen LogP contribution < -0.4 is 4.57 Å². The number of alkyl halides is 3. The van der Waals surface area contributed by atoms with Gasteiger partial charge in [0.2, 0.25) is 6.33 Å². The summed E-state index contributed by atoms with van der Waals surface area (Å²) in [4.78, 5) is 0. The Bertz CT molecular complexity index is 714. The van der Waals surface area contributed by atoms with Gasteiger partial charge in [0, 0.05) is 0 Å². The van der Waals surface area contributed by atoms with Crippen LogP contribution in [0.25, 0.3) is 0 Å². The number of nitrogens with zero attached hydrogens (tertiary/aromatic N) is 2. The van der Waals surface area contributed by atoms with Crippen LogP contribution >= 0.6 is 0 Å². The van der Waals surface area contributed by atoms with E-state index in [-0.39, 0.29) is 0 Å². The Morgan fingerprint density at radius 3 is 2.22 bits per heavy atom. The lowest BCUT2D eigenvalue weighted by molar-refractivity contribution is -0.671. The minimum Gasteiger partial charge on any atom is -0.741 e. The zero-order valence-electron chi connectivity index (χ0n) is 12.0. The van der Waals surface area contributed by atoms with Crippen molar-refractivity contribution in [1.82, 2.24) is 4.57 Å². The molecule has 2 rings (SSSR count). The Kier molecular flexibility index (Phi) is 6.30. The molecule has 0 aliphatic heterocycles. The minimum absolute atomic E-state index is 0.446. The number of aliphatic hydroxyl groups excluding tert-OH is 1. The lowest BCUT2D eigenvalue weighted by atomic mass is 10.1. The fourth-order valence-electron chi connectivity index (χ4n) is 1.59. The minimum atomic E-state index is -6.09. The first-order valence-electron chi connectivity index (χ1n) is 6.27. The Morgan fingerprint density at radius 2 is 1.83 bits per heavy atom. The average molecular weight is 352 g/mol. The number of benzene rings is 1. The maximum atomic E-state index is 10.7. The van der Waals surface area contributed by atoms with Crippen molar-refractivity contribution in [3.63, 3.8) is 0 Å². The molecule has 0 saturated carbocycles. The first kappa shape index (κ1) is 19.1. The van der Waals surface area contributed by atoms with Gasteiger partial charge in [0.25, 0.3) is 0 Å². The number of imidazole rings is 1. The number of hydrogen-bond donors (Lipinski definition) is 1. The molecule has 1 atom stereocenters. The molecule has 0 aliphatic carbocycles. The molecule has 0 spiro atoms. The third-order valence-electron chi connectivity index (χ3n) is 2.68. The predicted octanol–water partition coefficient (Wildman–Crippen LogP) is 1.10. The highest BCUT2D eigenvalue weighted by molar-refractivity contribution is 7.86. The molecule has 0 aliphatic rings. The second-order valence-electron chi connectivity index (χ2n) is 4.60. The highest BCUT2D eigenvalue weighted by Gasteiger charge is 2.36. The van der Waals surface area contributed by atoms with Gasteiger partial charge in [-0.15, -0.1) is 0 Å². The molecule has 1 aromatic heterocycles. The molecule has 0 saturated heterocycles. The van der Waals surface area contributed by atoms with Gasteiger partial charge in [-0.25, -0.2) is 17.6 Å². The number of rotatable bonds is 3. The van der Waals surface area contributed by atoms with Crippen LogP contribution in [0, 0.1) is 0 Å². The van der Waals surface area contributed by atoms with Crippen LogP contribution in [0.3, 0.4) is 0 Å². The highest BCUT2D eigenvalue weighted by atomic mass is 32.2. The highest BCUT2D eigenvalue weighted by Crippen LogP contribution is 2.20. The molecule has 0 radical (unpaired) electrons. The van der Waals surface area contributed by atoms with Crippen molar-refractivity contribution in [2.24, 2.45) is 7.05 Å². The molecular formula is C13H15F3N2O4S. The first-order chi connectivity index (χ1) is 10.5. The summed E-state index contributed by atoms with van der Waals surface area (Å²) in [6.45, 7) is 0.588. The van der Waals surface area contributed by atoms with E-state index < -0.39 is 21.7 Å². The Morgan fingerprint density at radius 1 is 1.30 bits per heavy atom. The third kappa shape index (κ3) is 6.38. The van der Waals surface area contributed by atoms with Crippen LogP contribution in [0.15, 0.2) is 49.1 Å². The maximum absolute atomic E-state index is 10.7. The molecule has 1 N–H and O–H groups in total. The molecule has 1 heterocycles. The van der Waals surface area contributed by atoms with E-state index >= 15 is 0 Å². The van der Waals surface area contributed by atoms with Crippen LogP contribution in [0.5, 0.6) is 0 Å². The van der Waals surface area contributed by atoms with Crippen LogP contribution in [-0.4, -0.2) is 28.2 Å². The van der Waals surface area contributed by atoms with Crippen LogP contribution in [-0.2, 0) is 23.7 Å². The van der Waals surface area contributed by atoms with Crippen molar-refractivity contribution in [1.29, 1.82) is 0 Å². The van der Waals surface area contributed by atoms with Gasteiger partial charge in [0.15, 0.2) is 10.1 Å². The quantitative estimate of drug-likeness (QED) is 0.509. The van der Waals surface area contributed by atoms with Crippen molar-refractivity contribution < 1.29 is 35.8 Å². The number of halogens is 3. The number of aromatic nitrogens is 2. The van der Waals surface area contributed by atoms with Gasteiger partial charge in [-0.1, -0.05) is 30.3 Å². The van der Waals surface area contributed by atoms with Crippen molar-refractivity contribution in [3.05, 3.63) is 54.6 Å². The third-order valence-corrected chi connectivity index (χ3v) is 3.24. The lowest BCUT2D eigenvalue weighted by Gasteiger charge is -2.08. The fraction of sp³-hybridized carbons (Fsp3) is 0.308. The van der Waals surface area contributed by atoms with Crippen molar-refractivity contribution in [2.45, 2.75) is 18.2 Å². The van der Waals surface area contributed by atoms with Crippen LogP contribution in [0.2, 0.25) is 0 Å². The smallest absolute Gasteiger partial charge is 0.485 e. The first-order valence-corrected chi connectivity index (χ1v) is 7.67. The van der Waals surface area contributed by atoms with E-state index in [1.54, 1.807) is 0 Å². The molecular weight excluding hydrogens is 337 g/mol. The number of aliphatic hydroxyl groups is 1. The monoisotopic (exact) mass is 352 g/mol. The van der Waals surface area contributed by atoms with Crippen molar-refractivity contribution >= 4 is 10.1 Å². The molecule has 0 bridgehead atoms. The molecule has 23 heavy (non-hydrogen) atoms. The Hall–Kier alpha value is -1.91. The second kappa shape index (κ2) is 7.57. The molecule has 128 valence electrons. The summed E-state index contributed by atoms with van der Waals surface area (Å²) in [6, 6.07) is 9.70. The number of aryl methyl sites for hydroxylation is 1. The summed E-state index contributed by atoms with van der Waals surface area (Å²) in [5.41, 5.74) is -4.69. The molecule has 0 fully saturated rings. The summed E-state index contributed by atoms with van der Waals surface area (Å²) in [5, 5.41) is 9.95. The number of hydrogen-bond acceptors (Lipinski definition) is 4. The van der Waals surface area contributed by atoms with Gasteiger partial charge >= 0.3 is 5.51 Å². The Labute approximate surface area is 131 Å². The van der Waals surface area contributed by atoms with Gasteiger partial charge in [-0.05, 0) is 5.56 Å². The van der Waals surface area contributed by atoms with E-state index in [1.807, 2.05) is 65.2 Å². The van der Waals surface area contributed by atoms with Gasteiger partial charge in [-0.2, -0.15) is 13.2 Å². The predicted molar refractivity (Wildman–Crippen MR) is 72.8 cm³/mol. The maximum Gasteiger partial charge on any atom is 0.485 e. The summed E-state index contributed by atoms with van der Waals surface area (Å²) >= 11 is 0. The van der Waals surface area contributed by atoms with E-state index in [0.29, 0.717) is 6.54 Å². The van der Waals surface area contributed by atoms with Gasteiger partial charge in [0.05, 0.1) is 7.05 Å². The molecule has 1 aromatic carbocycles. The standard InChI is InChI=1S/C12H15N2O.CHF3O3S/c1-13-7-8-14(10-13)9-12(15)11-5-3-2-4-6-11;2-1(3,4)8(5,6)7/h2-8,10,12,15H,9H2,1H3;(H,5,6,7)/q+1;/p-1. The van der Waals surface area contributed by atoms with Crippen molar-refractivity contribution in [2.75, 3.05) is 0 Å². The van der Waals surface area contributed by atoms with E-state index in [9.17, 15) is 18.3 Å². The second-order valence-corrected chi connectivity index (χ2v) is 5.97. The molecule has 6 nitrogen and oxygen atoms in total. The normalized spacial score (nSPS) is 13.1. The lowest BCUT2D eigenvalue weighted by Crippen LogP contribution is -2.24. The van der Waals surface area contributed by atoms with Gasteiger partial charge in [0.1, 0.15) is 25.0 Å². The van der Waals surface area contributed by atoms with Gasteiger partial charge < -0.3 is 9.66 Å². The average Bonchev–Trinajstić information content (AvgIpc) is 2.83. The van der Waals surface area contributed by atoms with E-state index in [2.05, 4.69) is 0 Å². The molecule has 2 aromatic rings. The van der Waals surface area contributed by atoms with E-state index in [0.717, 1.165) is 5.56 Å². The molecule has 10 heteroatoms. The Balaban J connectivity index is 0.000000284. The van der Waals surface area contributed by atoms with E-state index in [4.69, 9.17) is 13.0 Å². The largest absolute Gasteiger partial charge is 0.741 e. The summed E-state index contributed by atoms with van der Waals surface area (Å²) < 4.78 is 62.8.